The van der Waals surface area contributed by atoms with Crippen LogP contribution in [0.1, 0.15) is 46.2 Å². The van der Waals surface area contributed by atoms with Crippen molar-refractivity contribution < 1.29 is 32.3 Å². The highest BCUT2D eigenvalue weighted by Gasteiger charge is 2.43. The Morgan fingerprint density at radius 3 is 2.44 bits per heavy atom. The maximum Gasteiger partial charge on any atom is 0.264 e. The molecule has 1 N–H and O–H groups in total. The molecule has 1 atom stereocenters. The van der Waals surface area contributed by atoms with Crippen molar-refractivity contribution in [1.29, 1.82) is 0 Å². The maximum absolute atomic E-state index is 13.3. The van der Waals surface area contributed by atoms with E-state index in [1.807, 2.05) is 0 Å². The number of hydrogen-bond donors (Lipinski definition) is 1. The SMILES string of the molecule is CCOc1cc([C@@H](CS(C)(=O)=O)[15N]2C(=O)c3cccc([15NH]C(C)=O)c3C2=O)ccc1OC. The highest BCUT2D eigenvalue weighted by molar-refractivity contribution is 7.90. The summed E-state index contributed by atoms with van der Waals surface area (Å²) in [4.78, 5) is 39.1. The third kappa shape index (κ3) is 4.59. The molecule has 170 valence electrons. The van der Waals surface area contributed by atoms with Crippen LogP contribution in [0.2, 0.25) is 0 Å². The van der Waals surface area contributed by atoms with Gasteiger partial charge in [0.2, 0.25) is 5.91 Å². The summed E-state index contributed by atoms with van der Waals surface area (Å²) in [7, 11) is -2.13. The van der Waals surface area contributed by atoms with Crippen LogP contribution >= 0.6 is 0 Å². The standard InChI is InChI=1S/C22H24N2O7S/c1-5-31-19-11-14(9-10-18(19)30-3)17(12-32(4,28)29)24-21(26)15-7-6-8-16(23-13(2)25)20(15)22(24)27/h6-11,17H,5,12H2,1-4H3,(H,23,25)/t17-/m1/s1/i23+1,24+1. The molecule has 32 heavy (non-hydrogen) atoms. The van der Waals surface area contributed by atoms with E-state index in [9.17, 15) is 22.8 Å². The van der Waals surface area contributed by atoms with Crippen molar-refractivity contribution >= 4 is 33.2 Å². The Kier molecular flexibility index (Phi) is 6.54. The predicted octanol–water partition coefficient (Wildman–Crippen LogP) is 2.43. The summed E-state index contributed by atoms with van der Waals surface area (Å²) in [5.74, 6) is -1.41. The number of amides is 3. The van der Waals surface area contributed by atoms with Gasteiger partial charge in [-0.2, -0.15) is 0 Å². The molecule has 10 heteroatoms. The average Bonchev–Trinajstić information content (AvgIpc) is 2.96. The fourth-order valence-corrected chi connectivity index (χ4v) is 4.57. The third-order valence-electron chi connectivity index (χ3n) is 4.90. The fraction of sp³-hybridized carbons (Fsp3) is 0.318. The minimum Gasteiger partial charge on any atom is -0.493 e. The fourth-order valence-electron chi connectivity index (χ4n) is 3.66. The lowest BCUT2D eigenvalue weighted by Crippen LogP contribution is -2.37. The molecule has 9 nitrogen and oxygen atoms in total. The summed E-state index contributed by atoms with van der Waals surface area (Å²) in [6, 6.07) is 8.18. The number of rotatable bonds is 8. The van der Waals surface area contributed by atoms with Crippen LogP contribution in [0.15, 0.2) is 36.4 Å². The van der Waals surface area contributed by atoms with E-state index < -0.39 is 39.4 Å². The number of ether oxygens (including phenoxy) is 2. The average molecular weight is 462 g/mol. The molecule has 0 saturated carbocycles. The number of hydrogen-bond acceptors (Lipinski definition) is 7. The van der Waals surface area contributed by atoms with Gasteiger partial charge in [-0.3, -0.25) is 19.3 Å². The Labute approximate surface area is 186 Å². The maximum atomic E-state index is 13.3. The lowest BCUT2D eigenvalue weighted by molar-refractivity contribution is -0.114. The lowest BCUT2D eigenvalue weighted by atomic mass is 10.1. The van der Waals surface area contributed by atoms with E-state index in [0.29, 0.717) is 23.7 Å². The first-order valence-electron chi connectivity index (χ1n) is 9.84. The molecule has 1 aliphatic rings. The summed E-state index contributed by atoms with van der Waals surface area (Å²) in [5.41, 5.74) is 0.719. The van der Waals surface area contributed by atoms with Gasteiger partial charge >= 0.3 is 0 Å². The van der Waals surface area contributed by atoms with Crippen LogP contribution in [-0.4, -0.2) is 56.8 Å². The minimum absolute atomic E-state index is 0.0322. The van der Waals surface area contributed by atoms with E-state index in [1.165, 1.54) is 26.2 Å². The molecule has 1 heterocycles. The summed E-state index contributed by atoms with van der Waals surface area (Å²) < 4.78 is 35.3. The summed E-state index contributed by atoms with van der Waals surface area (Å²) in [6.45, 7) is 3.41. The molecule has 2 aromatic carbocycles. The molecule has 0 aromatic heterocycles. The van der Waals surface area contributed by atoms with Gasteiger partial charge in [0.05, 0.1) is 42.3 Å². The molecule has 0 unspecified atom stereocenters. The van der Waals surface area contributed by atoms with Crippen molar-refractivity contribution in [3.63, 3.8) is 0 Å². The first-order valence-corrected chi connectivity index (χ1v) is 11.9. The Hall–Kier alpha value is -3.40. The van der Waals surface area contributed by atoms with Crippen LogP contribution in [0.5, 0.6) is 11.5 Å². The number of sulfone groups is 1. The zero-order chi connectivity index (χ0) is 23.6. The second-order valence-electron chi connectivity index (χ2n) is 7.34. The van der Waals surface area contributed by atoms with Crippen molar-refractivity contribution in [3.05, 3.63) is 53.1 Å². The van der Waals surface area contributed by atoms with E-state index in [1.54, 1.807) is 31.2 Å². The van der Waals surface area contributed by atoms with Crippen molar-refractivity contribution in [2.24, 2.45) is 0 Å². The monoisotopic (exact) mass is 462 g/mol. The van der Waals surface area contributed by atoms with Crippen LogP contribution < -0.4 is 14.8 Å². The smallest absolute Gasteiger partial charge is 0.264 e. The highest BCUT2D eigenvalue weighted by Crippen LogP contribution is 2.38. The van der Waals surface area contributed by atoms with Crippen molar-refractivity contribution in [1.82, 2.24) is 4.90 Å². The second kappa shape index (κ2) is 8.99. The molecule has 0 radical (unpaired) electrons. The third-order valence-corrected chi connectivity index (χ3v) is 5.82. The molecule has 2 aromatic rings. The van der Waals surface area contributed by atoms with Gasteiger partial charge in [-0.15, -0.1) is 0 Å². The lowest BCUT2D eigenvalue weighted by Gasteiger charge is -2.27. The second-order valence-corrected chi connectivity index (χ2v) is 9.53. The minimum atomic E-state index is -3.60. The van der Waals surface area contributed by atoms with Gasteiger partial charge in [0, 0.05) is 13.2 Å². The molecule has 0 bridgehead atoms. The number of methoxy groups -OCH3 is 1. The Balaban J connectivity index is 2.13. The molecule has 0 saturated heterocycles. The summed E-state index contributed by atoms with van der Waals surface area (Å²) in [5, 5.41) is 2.55. The first-order chi connectivity index (χ1) is 15.1. The van der Waals surface area contributed by atoms with Gasteiger partial charge in [0.15, 0.2) is 11.5 Å². The zero-order valence-corrected chi connectivity index (χ0v) is 19.0. The Bertz CT molecular complexity index is 1190. The number of carbonyl (C=O) groups excluding carboxylic acids is 3. The van der Waals surface area contributed by atoms with Crippen molar-refractivity contribution in [3.8, 4) is 11.5 Å². The molecular weight excluding hydrogens is 438 g/mol. The molecule has 0 aliphatic carbocycles. The van der Waals surface area contributed by atoms with Gasteiger partial charge in [0.25, 0.3) is 11.8 Å². The van der Waals surface area contributed by atoms with Crippen molar-refractivity contribution in [2.45, 2.75) is 19.9 Å². The first kappa shape index (κ1) is 23.3. The number of imide groups is 1. The molecule has 3 rings (SSSR count). The number of benzene rings is 2. The molecule has 0 spiro atoms. The quantitative estimate of drug-likeness (QED) is 0.473. The van der Waals surface area contributed by atoms with E-state index in [-0.39, 0.29) is 16.8 Å². The molecule has 0 fully saturated rings. The topological polar surface area (TPSA) is 119 Å². The number of nitrogens with zero attached hydrogens (tertiary/aromatic N) is 1. The largest absolute Gasteiger partial charge is 0.493 e. The van der Waals surface area contributed by atoms with Gasteiger partial charge in [-0.05, 0) is 36.8 Å². The van der Waals surface area contributed by atoms with Crippen LogP contribution in [0.3, 0.4) is 0 Å². The van der Waals surface area contributed by atoms with Gasteiger partial charge in [-0.1, -0.05) is 12.1 Å². The normalized spacial score (nSPS) is 14.2. The van der Waals surface area contributed by atoms with E-state index in [2.05, 4.69) is 5.32 Å². The Morgan fingerprint density at radius 1 is 1.12 bits per heavy atom. The predicted molar refractivity (Wildman–Crippen MR) is 118 cm³/mol. The Morgan fingerprint density at radius 2 is 1.84 bits per heavy atom. The molecule has 1 aliphatic heterocycles. The molecule has 3 amide bonds. The zero-order valence-electron chi connectivity index (χ0n) is 18.2. The van der Waals surface area contributed by atoms with Crippen LogP contribution in [0.25, 0.3) is 0 Å². The van der Waals surface area contributed by atoms with Gasteiger partial charge in [0.1, 0.15) is 9.84 Å². The number of nitrogens with one attached hydrogen (secondary N) is 1. The van der Waals surface area contributed by atoms with Crippen LogP contribution in [0.4, 0.5) is 5.69 Å². The van der Waals surface area contributed by atoms with Crippen LogP contribution in [0, 0.1) is 0 Å². The van der Waals surface area contributed by atoms with Gasteiger partial charge in [-0.25, -0.2) is 8.42 Å². The van der Waals surface area contributed by atoms with E-state index in [4.69, 9.17) is 9.47 Å². The van der Waals surface area contributed by atoms with Gasteiger partial charge < -0.3 is 14.8 Å². The summed E-state index contributed by atoms with van der Waals surface area (Å²) in [6.07, 6.45) is 1.04. The number of carbonyl (C=O) groups is 3. The van der Waals surface area contributed by atoms with Crippen molar-refractivity contribution in [2.75, 3.05) is 31.0 Å². The number of anilines is 1. The van der Waals surface area contributed by atoms with E-state index in [0.717, 1.165) is 11.2 Å². The summed E-state index contributed by atoms with van der Waals surface area (Å²) >= 11 is 0. The van der Waals surface area contributed by atoms with Crippen LogP contribution in [-0.2, 0) is 14.6 Å². The molecular formula is C22H24N2O7S. The highest BCUT2D eigenvalue weighted by atomic mass is 32.2. The number of fused-ring (bicyclic) bond motifs is 1. The van der Waals surface area contributed by atoms with E-state index >= 15 is 0 Å².